The first kappa shape index (κ1) is 31.4. The second-order valence-corrected chi connectivity index (χ2v) is 14.1. The number of hydrogen-bond donors (Lipinski definition) is 0. The molecule has 3 aliphatic rings. The van der Waals surface area contributed by atoms with Gasteiger partial charge in [0.2, 0.25) is 0 Å². The number of aromatic nitrogens is 1. The van der Waals surface area contributed by atoms with Crippen LogP contribution >= 0.6 is 11.8 Å². The molecule has 3 aromatic rings. The Morgan fingerprint density at radius 1 is 1.00 bits per heavy atom. The third-order valence-corrected chi connectivity index (χ3v) is 10.9. The van der Waals surface area contributed by atoms with Gasteiger partial charge in [0.1, 0.15) is 6.10 Å². The molecular weight excluding hydrogens is 579 g/mol. The fourth-order valence-electron chi connectivity index (χ4n) is 7.19. The number of amides is 1. The number of carbonyl (C=O) groups is 1. The molecule has 2 unspecified atom stereocenters. The van der Waals surface area contributed by atoms with Crippen molar-refractivity contribution in [1.29, 1.82) is 5.26 Å². The number of hydrogen-bond acceptors (Lipinski definition) is 7. The van der Waals surface area contributed by atoms with E-state index in [1.165, 1.54) is 15.5 Å². The fraction of sp³-hybridized carbons (Fsp3) is 0.486. The van der Waals surface area contributed by atoms with E-state index in [1.54, 1.807) is 16.7 Å². The average Bonchev–Trinajstić information content (AvgIpc) is 3.02. The van der Waals surface area contributed by atoms with Crippen molar-refractivity contribution in [3.8, 4) is 6.07 Å². The van der Waals surface area contributed by atoms with Gasteiger partial charge in [0.05, 0.1) is 11.5 Å². The Kier molecular flexibility index (Phi) is 10.3. The van der Waals surface area contributed by atoms with Crippen molar-refractivity contribution in [2.24, 2.45) is 11.8 Å². The molecule has 7 nitrogen and oxygen atoms in total. The maximum atomic E-state index is 12.8. The first-order valence-corrected chi connectivity index (χ1v) is 17.5. The molecule has 0 saturated carbocycles. The number of pyridine rings is 1. The van der Waals surface area contributed by atoms with Crippen molar-refractivity contribution < 1.29 is 9.53 Å². The zero-order valence-corrected chi connectivity index (χ0v) is 27.2. The van der Waals surface area contributed by atoms with Gasteiger partial charge in [-0.25, -0.2) is 4.79 Å². The Bertz CT molecular complexity index is 1410. The summed E-state index contributed by atoms with van der Waals surface area (Å²) in [5.74, 6) is 0.891. The quantitative estimate of drug-likeness (QED) is 0.211. The molecule has 0 aliphatic carbocycles. The molecule has 1 aromatic heterocycles. The molecule has 3 fully saturated rings. The van der Waals surface area contributed by atoms with Crippen LogP contribution in [0.1, 0.15) is 51.0 Å². The molecule has 2 atom stereocenters. The Hall–Kier alpha value is -3.54. The Morgan fingerprint density at radius 3 is 2.31 bits per heavy atom. The molecular formula is C37H45N5O2S. The topological polar surface area (TPSA) is 72.7 Å². The van der Waals surface area contributed by atoms with Gasteiger partial charge in [-0.15, -0.1) is 0 Å². The Morgan fingerprint density at radius 2 is 1.69 bits per heavy atom. The van der Waals surface area contributed by atoms with E-state index in [0.29, 0.717) is 12.3 Å². The molecule has 0 bridgehead atoms. The van der Waals surface area contributed by atoms with Crippen molar-refractivity contribution in [2.45, 2.75) is 66.8 Å². The molecule has 0 radical (unpaired) electrons. The van der Waals surface area contributed by atoms with Gasteiger partial charge in [0.25, 0.3) is 0 Å². The van der Waals surface area contributed by atoms with E-state index in [2.05, 4.69) is 64.2 Å². The van der Waals surface area contributed by atoms with Crippen LogP contribution in [0, 0.1) is 23.2 Å². The van der Waals surface area contributed by atoms with E-state index in [9.17, 15) is 10.1 Å². The van der Waals surface area contributed by atoms with E-state index in [4.69, 9.17) is 4.74 Å². The highest BCUT2D eigenvalue weighted by Gasteiger charge is 2.45. The van der Waals surface area contributed by atoms with Gasteiger partial charge >= 0.3 is 6.09 Å². The summed E-state index contributed by atoms with van der Waals surface area (Å²) in [5.41, 5.74) is 1.69. The minimum Gasteiger partial charge on any atom is -0.446 e. The molecule has 45 heavy (non-hydrogen) atoms. The lowest BCUT2D eigenvalue weighted by molar-refractivity contribution is 0.0241. The number of nitrogens with zero attached hydrogens (tertiary/aromatic N) is 5. The molecule has 3 saturated heterocycles. The summed E-state index contributed by atoms with van der Waals surface area (Å²) < 4.78 is 6.06. The molecule has 2 aromatic carbocycles. The lowest BCUT2D eigenvalue weighted by Gasteiger charge is -2.46. The number of rotatable bonds is 12. The zero-order valence-electron chi connectivity index (χ0n) is 26.4. The van der Waals surface area contributed by atoms with Crippen molar-refractivity contribution in [1.82, 2.24) is 14.8 Å². The molecule has 8 heteroatoms. The summed E-state index contributed by atoms with van der Waals surface area (Å²) >= 11 is 1.76. The van der Waals surface area contributed by atoms with E-state index >= 15 is 0 Å². The summed E-state index contributed by atoms with van der Waals surface area (Å²) in [6, 6.07) is 26.1. The van der Waals surface area contributed by atoms with E-state index in [-0.39, 0.29) is 18.1 Å². The van der Waals surface area contributed by atoms with Crippen LogP contribution in [-0.2, 0) is 10.2 Å². The van der Waals surface area contributed by atoms with Crippen LogP contribution in [-0.4, -0.2) is 72.8 Å². The summed E-state index contributed by atoms with van der Waals surface area (Å²) in [6.07, 6.45) is 8.44. The molecule has 0 N–H and O–H groups in total. The lowest BCUT2D eigenvalue weighted by Crippen LogP contribution is -2.53. The van der Waals surface area contributed by atoms with Crippen LogP contribution in [0.25, 0.3) is 0 Å². The standard InChI is InChI=1S/C37H45N5O2S/c1-2-7-33(44-36(43)41-20-6-21-41)24-37(28-38,30-8-4-3-5-9-30)31-16-22-40(23-17-31)25-29-26-42(27-29)32-10-12-34(13-11-32)45-35-14-18-39-19-15-35/h3-5,8-15,18-19,29,31,33H,2,6-7,16-17,20-27H2,1H3. The van der Waals surface area contributed by atoms with Crippen LogP contribution in [0.15, 0.2) is 88.9 Å². The highest BCUT2D eigenvalue weighted by atomic mass is 32.2. The number of benzene rings is 2. The van der Waals surface area contributed by atoms with Crippen LogP contribution in [0.2, 0.25) is 0 Å². The number of likely N-dealkylation sites (tertiary alicyclic amines) is 2. The third kappa shape index (κ3) is 7.48. The van der Waals surface area contributed by atoms with Gasteiger partial charge in [0, 0.05) is 72.9 Å². The van der Waals surface area contributed by atoms with Gasteiger partial charge < -0.3 is 19.4 Å². The van der Waals surface area contributed by atoms with Crippen molar-refractivity contribution in [3.05, 3.63) is 84.7 Å². The highest BCUT2D eigenvalue weighted by Crippen LogP contribution is 2.43. The average molecular weight is 624 g/mol. The van der Waals surface area contributed by atoms with Crippen molar-refractivity contribution in [2.75, 3.05) is 50.7 Å². The minimum atomic E-state index is -0.669. The second kappa shape index (κ2) is 14.7. The largest absolute Gasteiger partial charge is 0.446 e. The predicted molar refractivity (Wildman–Crippen MR) is 179 cm³/mol. The number of ether oxygens (including phenoxy) is 1. The van der Waals surface area contributed by atoms with Gasteiger partial charge in [-0.1, -0.05) is 55.4 Å². The van der Waals surface area contributed by atoms with Crippen molar-refractivity contribution in [3.63, 3.8) is 0 Å². The normalized spacial score (nSPS) is 19.6. The third-order valence-electron chi connectivity index (χ3n) is 9.88. The van der Waals surface area contributed by atoms with Crippen LogP contribution in [0.4, 0.5) is 10.5 Å². The molecule has 1 amide bonds. The summed E-state index contributed by atoms with van der Waals surface area (Å²) in [5, 5.41) is 10.9. The maximum absolute atomic E-state index is 12.8. The van der Waals surface area contributed by atoms with E-state index in [0.717, 1.165) is 83.5 Å². The first-order chi connectivity index (χ1) is 22.1. The zero-order chi connectivity index (χ0) is 31.1. The summed E-state index contributed by atoms with van der Waals surface area (Å²) in [6.45, 7) is 8.96. The molecule has 0 spiro atoms. The monoisotopic (exact) mass is 623 g/mol. The molecule has 3 aliphatic heterocycles. The SMILES string of the molecule is CCCC(CC(C#N)(c1ccccc1)C1CCN(CC2CN(c3ccc(Sc4ccncc4)cc3)C2)CC1)OC(=O)N1CCC1. The van der Waals surface area contributed by atoms with Gasteiger partial charge in [-0.3, -0.25) is 4.98 Å². The molecule has 4 heterocycles. The number of anilines is 1. The first-order valence-electron chi connectivity index (χ1n) is 16.6. The van der Waals surface area contributed by atoms with E-state index < -0.39 is 5.41 Å². The van der Waals surface area contributed by atoms with Crippen LogP contribution in [0.5, 0.6) is 0 Å². The smallest absolute Gasteiger partial charge is 0.410 e. The number of piperidine rings is 1. The van der Waals surface area contributed by atoms with Gasteiger partial charge in [-0.2, -0.15) is 5.26 Å². The maximum Gasteiger partial charge on any atom is 0.410 e. The molecule has 6 rings (SSSR count). The Labute approximate surface area is 272 Å². The summed E-state index contributed by atoms with van der Waals surface area (Å²) in [7, 11) is 0. The minimum absolute atomic E-state index is 0.219. The number of nitriles is 1. The lowest BCUT2D eigenvalue weighted by atomic mass is 9.64. The predicted octanol–water partition coefficient (Wildman–Crippen LogP) is 7.24. The Balaban J connectivity index is 1.03. The highest BCUT2D eigenvalue weighted by molar-refractivity contribution is 7.99. The van der Waals surface area contributed by atoms with E-state index in [1.807, 2.05) is 42.7 Å². The number of carbonyl (C=O) groups excluding carboxylic acids is 1. The second-order valence-electron chi connectivity index (χ2n) is 12.9. The van der Waals surface area contributed by atoms with Crippen LogP contribution in [0.3, 0.4) is 0 Å². The van der Waals surface area contributed by atoms with Crippen molar-refractivity contribution >= 4 is 23.5 Å². The fourth-order valence-corrected chi connectivity index (χ4v) is 8.00. The van der Waals surface area contributed by atoms with Gasteiger partial charge in [0.15, 0.2) is 0 Å². The summed E-state index contributed by atoms with van der Waals surface area (Å²) in [4.78, 5) is 26.2. The molecule has 236 valence electrons. The van der Waals surface area contributed by atoms with Crippen LogP contribution < -0.4 is 4.90 Å². The van der Waals surface area contributed by atoms with Gasteiger partial charge in [-0.05, 0) is 86.7 Å².